The summed E-state index contributed by atoms with van der Waals surface area (Å²) in [5.41, 5.74) is 1.70. The largest absolute Gasteiger partial charge is 0.478 e. The van der Waals surface area contributed by atoms with Crippen LogP contribution in [0.1, 0.15) is 27.9 Å². The number of urea groups is 1. The fourth-order valence-corrected chi connectivity index (χ4v) is 1.84. The third-order valence-corrected chi connectivity index (χ3v) is 2.79. The maximum atomic E-state index is 11.7. The maximum absolute atomic E-state index is 11.7. The molecule has 0 spiro atoms. The van der Waals surface area contributed by atoms with Crippen LogP contribution in [-0.2, 0) is 9.53 Å². The highest BCUT2D eigenvalue weighted by Crippen LogP contribution is 2.22. The lowest BCUT2D eigenvalue weighted by molar-refractivity contribution is -0.140. The SMILES string of the molecule is COC(=O)CCNC(=O)Nc1c(C)cc(C)cc1C(=O)O. The Hall–Kier alpha value is -2.57. The van der Waals surface area contributed by atoms with Gasteiger partial charge in [-0.1, -0.05) is 6.07 Å². The van der Waals surface area contributed by atoms with Crippen LogP contribution < -0.4 is 10.6 Å². The van der Waals surface area contributed by atoms with Crippen molar-refractivity contribution in [2.24, 2.45) is 0 Å². The van der Waals surface area contributed by atoms with Crippen molar-refractivity contribution in [1.29, 1.82) is 0 Å². The van der Waals surface area contributed by atoms with Crippen LogP contribution in [0.25, 0.3) is 0 Å². The van der Waals surface area contributed by atoms with Crippen molar-refractivity contribution in [2.45, 2.75) is 20.3 Å². The van der Waals surface area contributed by atoms with Crippen LogP contribution in [-0.4, -0.2) is 36.7 Å². The number of carbonyl (C=O) groups is 3. The molecule has 0 saturated carbocycles. The number of benzene rings is 1. The number of carboxylic acid groups (broad SMARTS) is 1. The van der Waals surface area contributed by atoms with Gasteiger partial charge in [0, 0.05) is 6.54 Å². The summed E-state index contributed by atoms with van der Waals surface area (Å²) in [4.78, 5) is 33.9. The molecule has 2 amide bonds. The molecule has 1 aromatic carbocycles. The van der Waals surface area contributed by atoms with E-state index in [4.69, 9.17) is 0 Å². The first-order valence-corrected chi connectivity index (χ1v) is 6.31. The third kappa shape index (κ3) is 4.79. The standard InChI is InChI=1S/C14H18N2O5/c1-8-6-9(2)12(10(7-8)13(18)19)16-14(20)15-5-4-11(17)21-3/h6-7H,4-5H2,1-3H3,(H,18,19)(H2,15,16,20). The molecule has 1 rings (SSSR count). The van der Waals surface area contributed by atoms with Crippen LogP contribution in [0.3, 0.4) is 0 Å². The average Bonchev–Trinajstić information content (AvgIpc) is 2.41. The second-order valence-electron chi connectivity index (χ2n) is 4.52. The lowest BCUT2D eigenvalue weighted by Crippen LogP contribution is -2.31. The highest BCUT2D eigenvalue weighted by atomic mass is 16.5. The second kappa shape index (κ2) is 7.28. The summed E-state index contributed by atoms with van der Waals surface area (Å²) in [5.74, 6) is -1.56. The van der Waals surface area contributed by atoms with Gasteiger partial charge >= 0.3 is 18.0 Å². The first-order chi connectivity index (χ1) is 9.85. The highest BCUT2D eigenvalue weighted by Gasteiger charge is 2.15. The number of methoxy groups -OCH3 is 1. The Morgan fingerprint density at radius 1 is 1.24 bits per heavy atom. The molecule has 0 atom stereocenters. The van der Waals surface area contributed by atoms with E-state index in [1.54, 1.807) is 19.9 Å². The van der Waals surface area contributed by atoms with Crippen molar-refractivity contribution >= 4 is 23.7 Å². The molecule has 0 aromatic heterocycles. The molecule has 0 saturated heterocycles. The molecule has 1 aromatic rings. The molecule has 114 valence electrons. The fourth-order valence-electron chi connectivity index (χ4n) is 1.84. The van der Waals surface area contributed by atoms with Crippen LogP contribution in [0.15, 0.2) is 12.1 Å². The maximum Gasteiger partial charge on any atom is 0.337 e. The number of carboxylic acids is 1. The lowest BCUT2D eigenvalue weighted by atomic mass is 10.0. The van der Waals surface area contributed by atoms with E-state index in [-0.39, 0.29) is 24.2 Å². The van der Waals surface area contributed by atoms with Gasteiger partial charge in [0.25, 0.3) is 0 Å². The molecule has 21 heavy (non-hydrogen) atoms. The van der Waals surface area contributed by atoms with E-state index >= 15 is 0 Å². The minimum absolute atomic E-state index is 0.0237. The van der Waals surface area contributed by atoms with Gasteiger partial charge in [-0.25, -0.2) is 9.59 Å². The van der Waals surface area contributed by atoms with E-state index in [2.05, 4.69) is 15.4 Å². The number of carbonyl (C=O) groups excluding carboxylic acids is 2. The topological polar surface area (TPSA) is 105 Å². The molecule has 0 heterocycles. The summed E-state index contributed by atoms with van der Waals surface area (Å²) in [6, 6.07) is 2.68. The molecular weight excluding hydrogens is 276 g/mol. The number of amides is 2. The zero-order chi connectivity index (χ0) is 16.0. The van der Waals surface area contributed by atoms with Gasteiger partial charge in [0.15, 0.2) is 0 Å². The van der Waals surface area contributed by atoms with E-state index in [0.29, 0.717) is 5.56 Å². The molecule has 0 aliphatic carbocycles. The summed E-state index contributed by atoms with van der Waals surface area (Å²) in [6.07, 6.45) is 0.0442. The summed E-state index contributed by atoms with van der Waals surface area (Å²) in [5, 5.41) is 14.1. The summed E-state index contributed by atoms with van der Waals surface area (Å²) in [7, 11) is 1.26. The van der Waals surface area contributed by atoms with Crippen molar-refractivity contribution in [2.75, 3.05) is 19.0 Å². The molecule has 0 aliphatic rings. The van der Waals surface area contributed by atoms with Crippen LogP contribution in [0.5, 0.6) is 0 Å². The van der Waals surface area contributed by atoms with Crippen molar-refractivity contribution in [3.8, 4) is 0 Å². The van der Waals surface area contributed by atoms with Crippen molar-refractivity contribution in [3.63, 3.8) is 0 Å². The Morgan fingerprint density at radius 3 is 2.48 bits per heavy atom. The molecular formula is C14H18N2O5. The zero-order valence-electron chi connectivity index (χ0n) is 12.1. The van der Waals surface area contributed by atoms with Crippen LogP contribution in [0.4, 0.5) is 10.5 Å². The number of hydrogen-bond donors (Lipinski definition) is 3. The average molecular weight is 294 g/mol. The van der Waals surface area contributed by atoms with E-state index in [1.165, 1.54) is 13.2 Å². The van der Waals surface area contributed by atoms with Crippen LogP contribution in [0.2, 0.25) is 0 Å². The molecule has 0 unspecified atom stereocenters. The van der Waals surface area contributed by atoms with E-state index in [0.717, 1.165) is 5.56 Å². The molecule has 0 aliphatic heterocycles. The van der Waals surface area contributed by atoms with Crippen LogP contribution in [0, 0.1) is 13.8 Å². The summed E-state index contributed by atoms with van der Waals surface area (Å²) < 4.78 is 4.44. The number of aromatic carboxylic acids is 1. The van der Waals surface area contributed by atoms with Gasteiger partial charge in [0.2, 0.25) is 0 Å². The zero-order valence-corrected chi connectivity index (χ0v) is 12.1. The third-order valence-electron chi connectivity index (χ3n) is 2.79. The molecule has 0 fully saturated rings. The molecule has 3 N–H and O–H groups in total. The first-order valence-electron chi connectivity index (χ1n) is 6.31. The Morgan fingerprint density at radius 2 is 1.90 bits per heavy atom. The van der Waals surface area contributed by atoms with Crippen molar-refractivity contribution in [1.82, 2.24) is 5.32 Å². The summed E-state index contributed by atoms with van der Waals surface area (Å²) in [6.45, 7) is 3.59. The number of rotatable bonds is 5. The first kappa shape index (κ1) is 16.5. The quantitative estimate of drug-likeness (QED) is 0.717. The van der Waals surface area contributed by atoms with Gasteiger partial charge in [-0.15, -0.1) is 0 Å². The van der Waals surface area contributed by atoms with Crippen molar-refractivity contribution in [3.05, 3.63) is 28.8 Å². The van der Waals surface area contributed by atoms with Gasteiger partial charge in [-0.2, -0.15) is 0 Å². The van der Waals surface area contributed by atoms with Gasteiger partial charge < -0.3 is 20.5 Å². The van der Waals surface area contributed by atoms with Gasteiger partial charge in [0.1, 0.15) is 0 Å². The van der Waals surface area contributed by atoms with Gasteiger partial charge in [-0.05, 0) is 31.0 Å². The van der Waals surface area contributed by atoms with E-state index in [9.17, 15) is 19.5 Å². The van der Waals surface area contributed by atoms with Crippen molar-refractivity contribution < 1.29 is 24.2 Å². The monoisotopic (exact) mass is 294 g/mol. The normalized spacial score (nSPS) is 9.86. The predicted molar refractivity (Wildman–Crippen MR) is 76.5 cm³/mol. The number of anilines is 1. The smallest absolute Gasteiger partial charge is 0.337 e. The Labute approximate surface area is 122 Å². The number of nitrogens with one attached hydrogen (secondary N) is 2. The number of aryl methyl sites for hydroxylation is 2. The molecule has 7 heteroatoms. The second-order valence-corrected chi connectivity index (χ2v) is 4.52. The predicted octanol–water partition coefficient (Wildman–Crippen LogP) is 1.69. The minimum atomic E-state index is -1.12. The molecule has 0 radical (unpaired) electrons. The molecule has 0 bridgehead atoms. The van der Waals surface area contributed by atoms with Gasteiger partial charge in [-0.3, -0.25) is 4.79 Å². The van der Waals surface area contributed by atoms with Crippen LogP contribution >= 0.6 is 0 Å². The Kier molecular flexibility index (Phi) is 5.71. The fraction of sp³-hybridized carbons (Fsp3) is 0.357. The Bertz CT molecular complexity index is 569. The highest BCUT2D eigenvalue weighted by molar-refractivity contribution is 6.01. The number of esters is 1. The van der Waals surface area contributed by atoms with E-state index in [1.807, 2.05) is 0 Å². The number of ether oxygens (including phenoxy) is 1. The number of hydrogen-bond acceptors (Lipinski definition) is 4. The lowest BCUT2D eigenvalue weighted by Gasteiger charge is -2.13. The molecule has 7 nitrogen and oxygen atoms in total. The summed E-state index contributed by atoms with van der Waals surface area (Å²) >= 11 is 0. The van der Waals surface area contributed by atoms with Gasteiger partial charge in [0.05, 0.1) is 24.8 Å². The Balaban J connectivity index is 2.76. The minimum Gasteiger partial charge on any atom is -0.478 e. The van der Waals surface area contributed by atoms with E-state index < -0.39 is 18.0 Å².